The fraction of sp³-hybridized carbons (Fsp3) is 0.400. The van der Waals surface area contributed by atoms with Crippen LogP contribution in [0.2, 0.25) is 0 Å². The molecule has 0 bridgehead atoms. The molecule has 0 heterocycles. The number of rotatable bonds is 7. The predicted octanol–water partition coefficient (Wildman–Crippen LogP) is 2.30. The third-order valence-electron chi connectivity index (χ3n) is 2.92. The second kappa shape index (κ2) is 8.04. The number of nitrogens with one attached hydrogen (secondary N) is 1. The van der Waals surface area contributed by atoms with Crippen molar-refractivity contribution in [1.29, 1.82) is 0 Å². The van der Waals surface area contributed by atoms with Crippen molar-refractivity contribution >= 4 is 23.5 Å². The first kappa shape index (κ1) is 16.7. The molecule has 0 saturated heterocycles. The molecule has 6 nitrogen and oxygen atoms in total. The van der Waals surface area contributed by atoms with E-state index in [0.717, 1.165) is 0 Å². The number of carboxylic acid groups (broad SMARTS) is 1. The van der Waals surface area contributed by atoms with Crippen LogP contribution in [0.1, 0.15) is 37.0 Å². The maximum Gasteiger partial charge on any atom is 0.340 e. The van der Waals surface area contributed by atoms with Gasteiger partial charge in [-0.1, -0.05) is 19.1 Å². The number of hydrogen-bond acceptors (Lipinski definition) is 4. The molecule has 1 aromatic rings. The van der Waals surface area contributed by atoms with Crippen molar-refractivity contribution in [3.63, 3.8) is 0 Å². The summed E-state index contributed by atoms with van der Waals surface area (Å²) in [5.74, 6) is -2.36. The van der Waals surface area contributed by atoms with E-state index < -0.39 is 17.9 Å². The van der Waals surface area contributed by atoms with Gasteiger partial charge >= 0.3 is 11.9 Å². The van der Waals surface area contributed by atoms with Crippen molar-refractivity contribution in [2.24, 2.45) is 5.92 Å². The van der Waals surface area contributed by atoms with Crippen molar-refractivity contribution in [1.82, 2.24) is 0 Å². The summed E-state index contributed by atoms with van der Waals surface area (Å²) in [4.78, 5) is 34.3. The van der Waals surface area contributed by atoms with Crippen molar-refractivity contribution in [2.75, 3.05) is 11.9 Å². The SMILES string of the molecule is CCOC(=O)c1ccccc1NC(=O)CCC(C)C(=O)O. The maximum atomic E-state index is 11.8. The molecule has 1 amide bonds. The summed E-state index contributed by atoms with van der Waals surface area (Å²) in [7, 11) is 0. The Morgan fingerprint density at radius 1 is 1.29 bits per heavy atom. The Bertz CT molecular complexity index is 527. The van der Waals surface area contributed by atoms with E-state index in [2.05, 4.69) is 5.32 Å². The number of benzene rings is 1. The highest BCUT2D eigenvalue weighted by Crippen LogP contribution is 2.17. The van der Waals surface area contributed by atoms with Crippen molar-refractivity contribution in [3.05, 3.63) is 29.8 Å². The monoisotopic (exact) mass is 293 g/mol. The molecule has 6 heteroatoms. The third kappa shape index (κ3) is 5.25. The molecule has 0 radical (unpaired) electrons. The van der Waals surface area contributed by atoms with Gasteiger partial charge in [0.05, 0.1) is 23.8 Å². The topological polar surface area (TPSA) is 92.7 Å². The number of aliphatic carboxylic acids is 1. The number of esters is 1. The molecule has 0 aliphatic heterocycles. The molecule has 1 rings (SSSR count). The number of carbonyl (C=O) groups is 3. The second-order valence-electron chi connectivity index (χ2n) is 4.59. The first-order valence-corrected chi connectivity index (χ1v) is 6.74. The quantitative estimate of drug-likeness (QED) is 0.752. The minimum absolute atomic E-state index is 0.0740. The Labute approximate surface area is 123 Å². The minimum Gasteiger partial charge on any atom is -0.481 e. The molecular weight excluding hydrogens is 274 g/mol. The van der Waals surface area contributed by atoms with Crippen molar-refractivity contribution < 1.29 is 24.2 Å². The Kier molecular flexibility index (Phi) is 6.39. The van der Waals surface area contributed by atoms with Crippen LogP contribution in [0.4, 0.5) is 5.69 Å². The van der Waals surface area contributed by atoms with E-state index in [4.69, 9.17) is 9.84 Å². The lowest BCUT2D eigenvalue weighted by Gasteiger charge is -2.11. The highest BCUT2D eigenvalue weighted by molar-refractivity contribution is 6.01. The number of ether oxygens (including phenoxy) is 1. The number of para-hydroxylation sites is 1. The molecule has 0 aliphatic carbocycles. The summed E-state index contributed by atoms with van der Waals surface area (Å²) in [6.45, 7) is 3.49. The van der Waals surface area contributed by atoms with Gasteiger partial charge in [-0.2, -0.15) is 0 Å². The molecule has 1 unspecified atom stereocenters. The van der Waals surface area contributed by atoms with E-state index in [1.165, 1.54) is 0 Å². The summed E-state index contributed by atoms with van der Waals surface area (Å²) < 4.78 is 4.91. The average molecular weight is 293 g/mol. The Morgan fingerprint density at radius 3 is 2.57 bits per heavy atom. The van der Waals surface area contributed by atoms with E-state index in [0.29, 0.717) is 5.69 Å². The first-order chi connectivity index (χ1) is 9.95. The average Bonchev–Trinajstić information content (AvgIpc) is 2.45. The molecule has 1 aromatic carbocycles. The van der Waals surface area contributed by atoms with E-state index in [9.17, 15) is 14.4 Å². The van der Waals surface area contributed by atoms with Crippen LogP contribution < -0.4 is 5.32 Å². The van der Waals surface area contributed by atoms with Gasteiger partial charge in [-0.15, -0.1) is 0 Å². The Hall–Kier alpha value is -2.37. The number of carboxylic acids is 1. The highest BCUT2D eigenvalue weighted by Gasteiger charge is 2.16. The van der Waals surface area contributed by atoms with Gasteiger partial charge in [0.15, 0.2) is 0 Å². The molecule has 0 aromatic heterocycles. The van der Waals surface area contributed by atoms with Gasteiger partial charge in [0.1, 0.15) is 0 Å². The largest absolute Gasteiger partial charge is 0.481 e. The van der Waals surface area contributed by atoms with E-state index >= 15 is 0 Å². The molecular formula is C15H19NO5. The first-order valence-electron chi connectivity index (χ1n) is 6.74. The predicted molar refractivity (Wildman–Crippen MR) is 77.1 cm³/mol. The fourth-order valence-electron chi connectivity index (χ4n) is 1.66. The van der Waals surface area contributed by atoms with Crippen LogP contribution in [0.3, 0.4) is 0 Å². The van der Waals surface area contributed by atoms with E-state index in [-0.39, 0.29) is 30.9 Å². The maximum absolute atomic E-state index is 11.8. The standard InChI is InChI=1S/C15H19NO5/c1-3-21-15(20)11-6-4-5-7-12(11)16-13(17)9-8-10(2)14(18)19/h4-7,10H,3,8-9H2,1-2H3,(H,16,17)(H,18,19). The summed E-state index contributed by atoms with van der Waals surface area (Å²) in [6.07, 6.45) is 0.313. The van der Waals surface area contributed by atoms with Gasteiger partial charge in [0.2, 0.25) is 5.91 Å². The number of carbonyl (C=O) groups excluding carboxylic acids is 2. The van der Waals surface area contributed by atoms with Gasteiger partial charge in [-0.25, -0.2) is 4.79 Å². The second-order valence-corrected chi connectivity index (χ2v) is 4.59. The molecule has 0 saturated carbocycles. The Morgan fingerprint density at radius 2 is 1.95 bits per heavy atom. The fourth-order valence-corrected chi connectivity index (χ4v) is 1.66. The van der Waals surface area contributed by atoms with Crippen LogP contribution in [0.15, 0.2) is 24.3 Å². The van der Waals surface area contributed by atoms with Crippen LogP contribution in [-0.4, -0.2) is 29.6 Å². The highest BCUT2D eigenvalue weighted by atomic mass is 16.5. The van der Waals surface area contributed by atoms with Gasteiger partial charge in [-0.05, 0) is 25.5 Å². The lowest BCUT2D eigenvalue weighted by atomic mass is 10.1. The lowest BCUT2D eigenvalue weighted by Crippen LogP contribution is -2.18. The molecule has 114 valence electrons. The lowest BCUT2D eigenvalue weighted by molar-refractivity contribution is -0.141. The smallest absolute Gasteiger partial charge is 0.340 e. The van der Waals surface area contributed by atoms with Crippen molar-refractivity contribution in [3.8, 4) is 0 Å². The van der Waals surface area contributed by atoms with E-state index in [1.54, 1.807) is 38.1 Å². The molecule has 1 atom stereocenters. The van der Waals surface area contributed by atoms with Gasteiger partial charge in [-0.3, -0.25) is 9.59 Å². The number of amides is 1. The van der Waals surface area contributed by atoms with Crippen LogP contribution in [-0.2, 0) is 14.3 Å². The zero-order chi connectivity index (χ0) is 15.8. The molecule has 0 spiro atoms. The molecule has 2 N–H and O–H groups in total. The Balaban J connectivity index is 2.68. The van der Waals surface area contributed by atoms with Gasteiger partial charge in [0, 0.05) is 6.42 Å². The van der Waals surface area contributed by atoms with Crippen molar-refractivity contribution in [2.45, 2.75) is 26.7 Å². The van der Waals surface area contributed by atoms with Crippen LogP contribution in [0.5, 0.6) is 0 Å². The van der Waals surface area contributed by atoms with Crippen LogP contribution in [0, 0.1) is 5.92 Å². The molecule has 0 fully saturated rings. The van der Waals surface area contributed by atoms with Gasteiger partial charge in [0.25, 0.3) is 0 Å². The third-order valence-corrected chi connectivity index (χ3v) is 2.92. The minimum atomic E-state index is -0.935. The molecule has 0 aliphatic rings. The van der Waals surface area contributed by atoms with Gasteiger partial charge < -0.3 is 15.2 Å². The summed E-state index contributed by atoms with van der Waals surface area (Å²) in [5.41, 5.74) is 0.642. The summed E-state index contributed by atoms with van der Waals surface area (Å²) >= 11 is 0. The zero-order valence-electron chi connectivity index (χ0n) is 12.1. The molecule has 21 heavy (non-hydrogen) atoms. The normalized spacial score (nSPS) is 11.5. The summed E-state index contributed by atoms with van der Waals surface area (Å²) in [5, 5.41) is 11.4. The number of anilines is 1. The van der Waals surface area contributed by atoms with Crippen LogP contribution in [0.25, 0.3) is 0 Å². The van der Waals surface area contributed by atoms with E-state index in [1.807, 2.05) is 0 Å². The number of hydrogen-bond donors (Lipinski definition) is 2. The van der Waals surface area contributed by atoms with Crippen LogP contribution >= 0.6 is 0 Å². The zero-order valence-corrected chi connectivity index (χ0v) is 12.1. The summed E-state index contributed by atoms with van der Waals surface area (Å²) in [6, 6.07) is 6.53.